The SMILES string of the molecule is Cc1cc2ncnn2cc1Nc1ncc2c(n1)c(N1CCOCC1(C)C)cc(=O)n2C. The third-order valence-electron chi connectivity index (χ3n) is 5.77. The van der Waals surface area contributed by atoms with Gasteiger partial charge in [0, 0.05) is 19.7 Å². The van der Waals surface area contributed by atoms with Crippen LogP contribution in [0.5, 0.6) is 0 Å². The van der Waals surface area contributed by atoms with Crippen LogP contribution in [0.25, 0.3) is 16.7 Å². The standard InChI is InChI=1S/C21H24N8O2/c1-13-7-17-23-12-24-29(17)10-14(13)25-20-22-9-16-19(26-20)15(8-18(30)27(16)4)28-5-6-31-11-21(28,2)3/h7-10,12H,5-6,11H2,1-4H3,(H,22,25,26). The summed E-state index contributed by atoms with van der Waals surface area (Å²) in [7, 11) is 1.73. The van der Waals surface area contributed by atoms with Crippen molar-refractivity contribution in [3.8, 4) is 0 Å². The normalized spacial score (nSPS) is 16.2. The molecule has 0 radical (unpaired) electrons. The van der Waals surface area contributed by atoms with E-state index in [4.69, 9.17) is 9.72 Å². The second kappa shape index (κ2) is 7.02. The zero-order valence-electron chi connectivity index (χ0n) is 18.0. The molecule has 5 heterocycles. The molecule has 1 N–H and O–H groups in total. The van der Waals surface area contributed by atoms with Crippen molar-refractivity contribution in [3.63, 3.8) is 0 Å². The topological polar surface area (TPSA) is 102 Å². The molecule has 4 aromatic rings. The monoisotopic (exact) mass is 420 g/mol. The number of rotatable bonds is 3. The average molecular weight is 420 g/mol. The van der Waals surface area contributed by atoms with Crippen molar-refractivity contribution in [3.05, 3.63) is 46.8 Å². The summed E-state index contributed by atoms with van der Waals surface area (Å²) in [6.07, 6.45) is 5.06. The third kappa shape index (κ3) is 3.28. The van der Waals surface area contributed by atoms with E-state index in [0.717, 1.165) is 22.6 Å². The Morgan fingerprint density at radius 1 is 1.23 bits per heavy atom. The van der Waals surface area contributed by atoms with Crippen LogP contribution in [0.4, 0.5) is 17.3 Å². The molecular formula is C21H24N8O2. The number of ether oxygens (including phenoxy) is 1. The molecule has 0 spiro atoms. The molecule has 0 unspecified atom stereocenters. The number of morpholine rings is 1. The fourth-order valence-electron chi connectivity index (χ4n) is 3.99. The van der Waals surface area contributed by atoms with Gasteiger partial charge in [-0.25, -0.2) is 19.5 Å². The molecule has 5 rings (SSSR count). The lowest BCUT2D eigenvalue weighted by Gasteiger charge is -2.43. The first-order valence-corrected chi connectivity index (χ1v) is 10.1. The predicted octanol–water partition coefficient (Wildman–Crippen LogP) is 2.04. The molecule has 10 nitrogen and oxygen atoms in total. The van der Waals surface area contributed by atoms with E-state index in [0.29, 0.717) is 36.7 Å². The number of pyridine rings is 2. The summed E-state index contributed by atoms with van der Waals surface area (Å²) in [5, 5.41) is 7.48. The molecule has 160 valence electrons. The Kier molecular flexibility index (Phi) is 4.40. The Hall–Kier alpha value is -3.53. The molecule has 1 saturated heterocycles. The minimum Gasteiger partial charge on any atom is -0.377 e. The van der Waals surface area contributed by atoms with Crippen LogP contribution in [0.3, 0.4) is 0 Å². The van der Waals surface area contributed by atoms with Crippen LogP contribution in [0.15, 0.2) is 35.6 Å². The first kappa shape index (κ1) is 19.4. The zero-order valence-corrected chi connectivity index (χ0v) is 18.0. The van der Waals surface area contributed by atoms with E-state index in [9.17, 15) is 4.79 Å². The van der Waals surface area contributed by atoms with E-state index in [1.807, 2.05) is 19.2 Å². The highest BCUT2D eigenvalue weighted by Gasteiger charge is 2.32. The van der Waals surface area contributed by atoms with Gasteiger partial charge in [0.1, 0.15) is 11.8 Å². The Bertz CT molecular complexity index is 1360. The summed E-state index contributed by atoms with van der Waals surface area (Å²) >= 11 is 0. The highest BCUT2D eigenvalue weighted by atomic mass is 16.5. The second-order valence-electron chi connectivity index (χ2n) is 8.43. The highest BCUT2D eigenvalue weighted by Crippen LogP contribution is 2.31. The van der Waals surface area contributed by atoms with Crippen LogP contribution in [0.2, 0.25) is 0 Å². The van der Waals surface area contributed by atoms with Gasteiger partial charge in [-0.05, 0) is 32.4 Å². The van der Waals surface area contributed by atoms with Crippen molar-refractivity contribution in [2.24, 2.45) is 7.05 Å². The van der Waals surface area contributed by atoms with Gasteiger partial charge in [0.25, 0.3) is 5.56 Å². The summed E-state index contributed by atoms with van der Waals surface area (Å²) in [5.41, 5.74) is 4.43. The number of anilines is 3. The zero-order chi connectivity index (χ0) is 21.8. The largest absolute Gasteiger partial charge is 0.377 e. The lowest BCUT2D eigenvalue weighted by molar-refractivity contribution is 0.0645. The van der Waals surface area contributed by atoms with Gasteiger partial charge in [0.15, 0.2) is 5.65 Å². The number of fused-ring (bicyclic) bond motifs is 2. The first-order chi connectivity index (χ1) is 14.8. The number of aromatic nitrogens is 6. The van der Waals surface area contributed by atoms with Gasteiger partial charge >= 0.3 is 0 Å². The molecule has 4 aromatic heterocycles. The molecule has 0 bridgehead atoms. The van der Waals surface area contributed by atoms with Crippen molar-refractivity contribution >= 4 is 34.0 Å². The first-order valence-electron chi connectivity index (χ1n) is 10.1. The molecule has 1 aliphatic rings. The molecule has 0 amide bonds. The predicted molar refractivity (Wildman–Crippen MR) is 118 cm³/mol. The van der Waals surface area contributed by atoms with Gasteiger partial charge < -0.3 is 19.5 Å². The Morgan fingerprint density at radius 2 is 2.06 bits per heavy atom. The molecule has 10 heteroatoms. The van der Waals surface area contributed by atoms with Crippen molar-refractivity contribution < 1.29 is 4.74 Å². The smallest absolute Gasteiger partial charge is 0.252 e. The molecular weight excluding hydrogens is 396 g/mol. The van der Waals surface area contributed by atoms with Gasteiger partial charge in [-0.15, -0.1) is 0 Å². The molecule has 0 aliphatic carbocycles. The molecule has 31 heavy (non-hydrogen) atoms. The summed E-state index contributed by atoms with van der Waals surface area (Å²) < 4.78 is 8.93. The van der Waals surface area contributed by atoms with Crippen molar-refractivity contribution in [1.82, 2.24) is 29.1 Å². The average Bonchev–Trinajstić information content (AvgIpc) is 3.18. The van der Waals surface area contributed by atoms with E-state index in [2.05, 4.69) is 39.1 Å². The van der Waals surface area contributed by atoms with Crippen LogP contribution in [-0.4, -0.2) is 54.4 Å². The fourth-order valence-corrected chi connectivity index (χ4v) is 3.99. The van der Waals surface area contributed by atoms with Crippen LogP contribution >= 0.6 is 0 Å². The van der Waals surface area contributed by atoms with Gasteiger partial charge in [0.05, 0.1) is 48.0 Å². The number of nitrogens with one attached hydrogen (secondary N) is 1. The quantitative estimate of drug-likeness (QED) is 0.537. The number of nitrogens with zero attached hydrogens (tertiary/aromatic N) is 7. The summed E-state index contributed by atoms with van der Waals surface area (Å²) in [5.74, 6) is 0.445. The van der Waals surface area contributed by atoms with Crippen molar-refractivity contribution in [1.29, 1.82) is 0 Å². The minimum atomic E-state index is -0.259. The van der Waals surface area contributed by atoms with Crippen LogP contribution < -0.4 is 15.8 Å². The molecule has 0 aromatic carbocycles. The number of hydrogen-bond donors (Lipinski definition) is 1. The maximum Gasteiger partial charge on any atom is 0.252 e. The van der Waals surface area contributed by atoms with E-state index in [1.54, 1.807) is 28.4 Å². The second-order valence-corrected chi connectivity index (χ2v) is 8.43. The van der Waals surface area contributed by atoms with Crippen LogP contribution in [-0.2, 0) is 11.8 Å². The summed E-state index contributed by atoms with van der Waals surface area (Å²) in [6.45, 7) is 8.07. The summed E-state index contributed by atoms with van der Waals surface area (Å²) in [6, 6.07) is 3.60. The molecule has 1 fully saturated rings. The molecule has 0 atom stereocenters. The van der Waals surface area contributed by atoms with Gasteiger partial charge in [-0.3, -0.25) is 4.79 Å². The lowest BCUT2D eigenvalue weighted by atomic mass is 10.0. The Morgan fingerprint density at radius 3 is 2.87 bits per heavy atom. The van der Waals surface area contributed by atoms with Gasteiger partial charge in [0.2, 0.25) is 5.95 Å². The highest BCUT2D eigenvalue weighted by molar-refractivity contribution is 5.89. The molecule has 1 aliphatic heterocycles. The van der Waals surface area contributed by atoms with Crippen LogP contribution in [0, 0.1) is 6.92 Å². The van der Waals surface area contributed by atoms with Crippen molar-refractivity contribution in [2.75, 3.05) is 30.0 Å². The number of aryl methyl sites for hydroxylation is 2. The maximum atomic E-state index is 12.6. The summed E-state index contributed by atoms with van der Waals surface area (Å²) in [4.78, 5) is 28.3. The maximum absolute atomic E-state index is 12.6. The minimum absolute atomic E-state index is 0.0958. The molecule has 0 saturated carbocycles. The van der Waals surface area contributed by atoms with Crippen molar-refractivity contribution in [2.45, 2.75) is 26.3 Å². The van der Waals surface area contributed by atoms with Crippen LogP contribution in [0.1, 0.15) is 19.4 Å². The van der Waals surface area contributed by atoms with Gasteiger partial charge in [-0.2, -0.15) is 5.10 Å². The van der Waals surface area contributed by atoms with E-state index >= 15 is 0 Å². The lowest BCUT2D eigenvalue weighted by Crippen LogP contribution is -2.53. The number of hydrogen-bond acceptors (Lipinski definition) is 8. The Labute approximate surface area is 178 Å². The third-order valence-corrected chi connectivity index (χ3v) is 5.77. The van der Waals surface area contributed by atoms with Gasteiger partial charge in [-0.1, -0.05) is 0 Å². The fraction of sp³-hybridized carbons (Fsp3) is 0.381. The Balaban J connectivity index is 1.63. The van der Waals surface area contributed by atoms with E-state index < -0.39 is 0 Å². The van der Waals surface area contributed by atoms with E-state index in [-0.39, 0.29) is 11.1 Å². The van der Waals surface area contributed by atoms with E-state index in [1.165, 1.54) is 6.33 Å².